The predicted octanol–water partition coefficient (Wildman–Crippen LogP) is 0.839. The van der Waals surface area contributed by atoms with E-state index in [0.717, 1.165) is 17.0 Å². The highest BCUT2D eigenvalue weighted by Gasteiger charge is 2.41. The predicted molar refractivity (Wildman–Crippen MR) is 62.9 cm³/mol. The second-order valence-electron chi connectivity index (χ2n) is 4.79. The second kappa shape index (κ2) is 4.36. The first-order chi connectivity index (χ1) is 9.49. The lowest BCUT2D eigenvalue weighted by molar-refractivity contribution is -0.123. The Labute approximate surface area is 112 Å². The number of halogens is 2. The molecule has 3 amide bonds. The molecule has 5 nitrogen and oxygen atoms in total. The summed E-state index contributed by atoms with van der Waals surface area (Å²) in [6.45, 7) is 0.162. The van der Waals surface area contributed by atoms with Crippen LogP contribution in [0, 0.1) is 11.6 Å². The van der Waals surface area contributed by atoms with Gasteiger partial charge >= 0.3 is 0 Å². The molecule has 7 heteroatoms. The van der Waals surface area contributed by atoms with E-state index in [2.05, 4.69) is 5.32 Å². The van der Waals surface area contributed by atoms with Crippen LogP contribution in [0.15, 0.2) is 12.1 Å². The zero-order chi connectivity index (χ0) is 14.4. The summed E-state index contributed by atoms with van der Waals surface area (Å²) in [5, 5.41) is 2.57. The molecule has 1 N–H and O–H groups in total. The molecule has 1 atom stereocenters. The highest BCUT2D eigenvalue weighted by Crippen LogP contribution is 2.28. The summed E-state index contributed by atoms with van der Waals surface area (Å²) >= 11 is 0. The van der Waals surface area contributed by atoms with E-state index in [4.69, 9.17) is 0 Å². The molecule has 1 fully saturated rings. The fourth-order valence-corrected chi connectivity index (χ4v) is 2.52. The van der Waals surface area contributed by atoms with Gasteiger partial charge in [0.1, 0.15) is 0 Å². The molecule has 2 aliphatic heterocycles. The van der Waals surface area contributed by atoms with E-state index in [1.807, 2.05) is 0 Å². The van der Waals surface area contributed by atoms with Gasteiger partial charge in [0.2, 0.25) is 5.91 Å². The monoisotopic (exact) mass is 280 g/mol. The van der Waals surface area contributed by atoms with Gasteiger partial charge in [0.15, 0.2) is 11.6 Å². The number of amides is 3. The fraction of sp³-hybridized carbons (Fsp3) is 0.308. The minimum Gasteiger partial charge on any atom is -0.354 e. The Balaban J connectivity index is 1.95. The van der Waals surface area contributed by atoms with Crippen LogP contribution in [-0.2, 0) is 4.79 Å². The maximum absolute atomic E-state index is 13.2. The summed E-state index contributed by atoms with van der Waals surface area (Å²) in [5.74, 6) is -3.77. The molecule has 1 aromatic rings. The number of hydrogen-bond donors (Lipinski definition) is 1. The van der Waals surface area contributed by atoms with Gasteiger partial charge in [0, 0.05) is 13.0 Å². The van der Waals surface area contributed by atoms with Crippen molar-refractivity contribution >= 4 is 17.7 Å². The number of imide groups is 1. The lowest BCUT2D eigenvalue weighted by atomic mass is 10.1. The summed E-state index contributed by atoms with van der Waals surface area (Å²) in [6.07, 6.45) is 0.559. The number of carbonyl (C=O) groups excluding carboxylic acids is 3. The lowest BCUT2D eigenvalue weighted by Crippen LogP contribution is -2.50. The number of rotatable bonds is 1. The molecular formula is C13H10F2N2O3. The maximum Gasteiger partial charge on any atom is 0.261 e. The molecule has 0 bridgehead atoms. The molecule has 2 aliphatic rings. The number of nitrogens with zero attached hydrogens (tertiary/aromatic N) is 1. The molecule has 0 saturated carbocycles. The zero-order valence-electron chi connectivity index (χ0n) is 10.3. The molecule has 1 unspecified atom stereocenters. The Kier molecular flexibility index (Phi) is 2.77. The first-order valence-corrected chi connectivity index (χ1v) is 6.12. The van der Waals surface area contributed by atoms with Crippen molar-refractivity contribution < 1.29 is 23.2 Å². The van der Waals surface area contributed by atoms with Crippen molar-refractivity contribution in [1.29, 1.82) is 0 Å². The zero-order valence-corrected chi connectivity index (χ0v) is 10.3. The first kappa shape index (κ1) is 12.7. The van der Waals surface area contributed by atoms with Crippen molar-refractivity contribution in [1.82, 2.24) is 10.2 Å². The lowest BCUT2D eigenvalue weighted by Gasteiger charge is -2.29. The molecular weight excluding hydrogens is 270 g/mol. The van der Waals surface area contributed by atoms with Gasteiger partial charge in [-0.25, -0.2) is 8.78 Å². The van der Waals surface area contributed by atoms with Crippen LogP contribution in [0.25, 0.3) is 0 Å². The van der Waals surface area contributed by atoms with Crippen molar-refractivity contribution in [3.63, 3.8) is 0 Å². The Hall–Kier alpha value is -2.31. The van der Waals surface area contributed by atoms with Gasteiger partial charge in [0.05, 0.1) is 17.2 Å². The molecule has 104 valence electrons. The minimum atomic E-state index is -1.16. The minimum absolute atomic E-state index is 0.134. The van der Waals surface area contributed by atoms with E-state index >= 15 is 0 Å². The molecule has 0 spiro atoms. The van der Waals surface area contributed by atoms with E-state index in [1.165, 1.54) is 0 Å². The summed E-state index contributed by atoms with van der Waals surface area (Å²) in [7, 11) is 0. The molecule has 1 saturated heterocycles. The van der Waals surface area contributed by atoms with Crippen LogP contribution in [0.5, 0.6) is 0 Å². The molecule has 0 radical (unpaired) electrons. The third kappa shape index (κ3) is 1.77. The summed E-state index contributed by atoms with van der Waals surface area (Å²) in [6, 6.07) is 1.00. The molecule has 2 heterocycles. The number of piperidine rings is 1. The normalized spacial score (nSPS) is 22.0. The van der Waals surface area contributed by atoms with E-state index in [-0.39, 0.29) is 30.0 Å². The summed E-state index contributed by atoms with van der Waals surface area (Å²) in [4.78, 5) is 36.4. The van der Waals surface area contributed by atoms with Gasteiger partial charge in [-0.2, -0.15) is 0 Å². The van der Waals surface area contributed by atoms with Gasteiger partial charge in [-0.1, -0.05) is 0 Å². The maximum atomic E-state index is 13.2. The van der Waals surface area contributed by atoms with Crippen molar-refractivity contribution in [2.24, 2.45) is 0 Å². The molecule has 0 aromatic heterocycles. The van der Waals surface area contributed by atoms with Gasteiger partial charge < -0.3 is 5.32 Å². The van der Waals surface area contributed by atoms with Crippen LogP contribution in [0.1, 0.15) is 33.6 Å². The van der Waals surface area contributed by atoms with Crippen molar-refractivity contribution in [2.75, 3.05) is 6.54 Å². The largest absolute Gasteiger partial charge is 0.354 e. The van der Waals surface area contributed by atoms with Crippen LogP contribution in [0.2, 0.25) is 0 Å². The van der Waals surface area contributed by atoms with Gasteiger partial charge in [0.25, 0.3) is 11.8 Å². The number of fused-ring (bicyclic) bond motifs is 1. The van der Waals surface area contributed by atoms with Crippen molar-refractivity contribution in [2.45, 2.75) is 18.9 Å². The SMILES string of the molecule is O=C1CCC(N2C(=O)c3cc(F)c(F)cc3C2=O)CN1. The standard InChI is InChI=1S/C13H10F2N2O3/c14-9-3-7-8(4-10(9)15)13(20)17(12(7)19)6-1-2-11(18)16-5-6/h3-4,6H,1-2,5H2,(H,16,18). The van der Waals surface area contributed by atoms with Gasteiger partial charge in [-0.3, -0.25) is 19.3 Å². The van der Waals surface area contributed by atoms with Crippen molar-refractivity contribution in [3.8, 4) is 0 Å². The Bertz CT molecular complexity index is 594. The van der Waals surface area contributed by atoms with Crippen LogP contribution in [-0.4, -0.2) is 35.2 Å². The van der Waals surface area contributed by atoms with Gasteiger partial charge in [-0.15, -0.1) is 0 Å². The first-order valence-electron chi connectivity index (χ1n) is 6.12. The number of carbonyl (C=O) groups is 3. The average molecular weight is 280 g/mol. The summed E-state index contributed by atoms with van der Waals surface area (Å²) in [5.41, 5.74) is -0.267. The van der Waals surface area contributed by atoms with E-state index in [1.54, 1.807) is 0 Å². The third-order valence-corrected chi connectivity index (χ3v) is 3.56. The van der Waals surface area contributed by atoms with Crippen LogP contribution >= 0.6 is 0 Å². The number of benzene rings is 1. The fourth-order valence-electron chi connectivity index (χ4n) is 2.52. The third-order valence-electron chi connectivity index (χ3n) is 3.56. The topological polar surface area (TPSA) is 66.5 Å². The summed E-state index contributed by atoms with van der Waals surface area (Å²) < 4.78 is 26.4. The molecule has 3 rings (SSSR count). The molecule has 20 heavy (non-hydrogen) atoms. The second-order valence-corrected chi connectivity index (χ2v) is 4.79. The quantitative estimate of drug-likeness (QED) is 0.775. The van der Waals surface area contributed by atoms with E-state index in [9.17, 15) is 23.2 Å². The highest BCUT2D eigenvalue weighted by atomic mass is 19.2. The van der Waals surface area contributed by atoms with Crippen molar-refractivity contribution in [3.05, 3.63) is 34.9 Å². The smallest absolute Gasteiger partial charge is 0.261 e. The Morgan fingerprint density at radius 1 is 1.05 bits per heavy atom. The molecule has 0 aliphatic carbocycles. The Morgan fingerprint density at radius 2 is 1.60 bits per heavy atom. The van der Waals surface area contributed by atoms with E-state index < -0.39 is 29.5 Å². The van der Waals surface area contributed by atoms with Crippen LogP contribution in [0.3, 0.4) is 0 Å². The van der Waals surface area contributed by atoms with Crippen LogP contribution < -0.4 is 5.32 Å². The number of nitrogens with one attached hydrogen (secondary N) is 1. The average Bonchev–Trinajstić information content (AvgIpc) is 2.65. The Morgan fingerprint density at radius 3 is 2.05 bits per heavy atom. The highest BCUT2D eigenvalue weighted by molar-refractivity contribution is 6.21. The van der Waals surface area contributed by atoms with Crippen LogP contribution in [0.4, 0.5) is 8.78 Å². The number of hydrogen-bond acceptors (Lipinski definition) is 3. The van der Waals surface area contributed by atoms with E-state index in [0.29, 0.717) is 6.42 Å². The van der Waals surface area contributed by atoms with Gasteiger partial charge in [-0.05, 0) is 18.6 Å². The molecule has 1 aromatic carbocycles.